The van der Waals surface area contributed by atoms with Crippen molar-refractivity contribution in [3.05, 3.63) is 0 Å². The molecular formula is C28H54O8. The van der Waals surface area contributed by atoms with E-state index in [1.807, 2.05) is 62.3 Å². The second-order valence-electron chi connectivity index (χ2n) is 11.9. The summed E-state index contributed by atoms with van der Waals surface area (Å²) in [5, 5.41) is 29.5. The first-order valence-corrected chi connectivity index (χ1v) is 13.5. The lowest BCUT2D eigenvalue weighted by molar-refractivity contribution is -0.413. The Kier molecular flexibility index (Phi) is 15.9. The van der Waals surface area contributed by atoms with Gasteiger partial charge in [-0.15, -0.1) is 5.92 Å². The van der Waals surface area contributed by atoms with Crippen LogP contribution in [-0.2, 0) is 24.4 Å². The standard InChI is InChI=1S/C28H54O8/c1-11-15-16-17-18-22(32-29)19-26(8,12-2)23(33-30)20-27(9,13-3)24(34-31)21-28(10,14-4)36-35-25(5,6)7/h22-24,29-31H,11-16,19-21H2,1-10H3. The van der Waals surface area contributed by atoms with Crippen LogP contribution in [0.5, 0.6) is 0 Å². The summed E-state index contributed by atoms with van der Waals surface area (Å²) < 4.78 is 0. The largest absolute Gasteiger partial charge is 0.252 e. The Balaban J connectivity index is 5.82. The minimum atomic E-state index is -0.704. The number of hydrogen-bond acceptors (Lipinski definition) is 8. The molecule has 8 heteroatoms. The van der Waals surface area contributed by atoms with Crippen LogP contribution in [0.15, 0.2) is 0 Å². The molecule has 3 N–H and O–H groups in total. The highest BCUT2D eigenvalue weighted by atomic mass is 17.2. The molecule has 0 aliphatic rings. The highest BCUT2D eigenvalue weighted by Crippen LogP contribution is 2.45. The van der Waals surface area contributed by atoms with Crippen molar-refractivity contribution in [3.8, 4) is 11.8 Å². The van der Waals surface area contributed by atoms with Gasteiger partial charge in [-0.25, -0.2) is 24.4 Å². The molecule has 36 heavy (non-hydrogen) atoms. The van der Waals surface area contributed by atoms with Gasteiger partial charge in [0.2, 0.25) is 0 Å². The van der Waals surface area contributed by atoms with E-state index in [9.17, 15) is 15.8 Å². The average Bonchev–Trinajstić information content (AvgIpc) is 2.85. The molecule has 0 rings (SSSR count). The summed E-state index contributed by atoms with van der Waals surface area (Å²) in [6.45, 7) is 19.7. The summed E-state index contributed by atoms with van der Waals surface area (Å²) in [4.78, 5) is 26.2. The van der Waals surface area contributed by atoms with Gasteiger partial charge in [-0.05, 0) is 71.6 Å². The summed E-state index contributed by atoms with van der Waals surface area (Å²) in [6, 6.07) is 0. The first kappa shape index (κ1) is 35.2. The van der Waals surface area contributed by atoms with Crippen molar-refractivity contribution >= 4 is 0 Å². The molecule has 6 atom stereocenters. The van der Waals surface area contributed by atoms with Gasteiger partial charge in [0.25, 0.3) is 0 Å². The Morgan fingerprint density at radius 2 is 1.19 bits per heavy atom. The first-order valence-electron chi connectivity index (χ1n) is 13.5. The Morgan fingerprint density at radius 1 is 0.667 bits per heavy atom. The van der Waals surface area contributed by atoms with E-state index in [1.165, 1.54) is 0 Å². The van der Waals surface area contributed by atoms with E-state index in [0.717, 1.165) is 19.3 Å². The predicted molar refractivity (Wildman–Crippen MR) is 141 cm³/mol. The molecule has 0 aromatic rings. The van der Waals surface area contributed by atoms with Crippen LogP contribution in [0.4, 0.5) is 0 Å². The summed E-state index contributed by atoms with van der Waals surface area (Å²) in [5.41, 5.74) is -2.34. The molecule has 0 aliphatic carbocycles. The molecule has 214 valence electrons. The molecule has 0 heterocycles. The van der Waals surface area contributed by atoms with Crippen molar-refractivity contribution in [1.29, 1.82) is 0 Å². The molecule has 0 aliphatic heterocycles. The van der Waals surface area contributed by atoms with E-state index in [-0.39, 0.29) is 0 Å². The normalized spacial score (nSPS) is 19.8. The van der Waals surface area contributed by atoms with Crippen LogP contribution >= 0.6 is 0 Å². The zero-order chi connectivity index (χ0) is 28.0. The smallest absolute Gasteiger partial charge is 0.153 e. The Labute approximate surface area is 219 Å². The fourth-order valence-corrected chi connectivity index (χ4v) is 4.10. The summed E-state index contributed by atoms with van der Waals surface area (Å²) in [5.74, 6) is 6.06. The first-order chi connectivity index (χ1) is 16.7. The van der Waals surface area contributed by atoms with Crippen LogP contribution in [0.2, 0.25) is 0 Å². The van der Waals surface area contributed by atoms with Crippen LogP contribution in [-0.4, -0.2) is 45.3 Å². The third kappa shape index (κ3) is 11.7. The fourth-order valence-electron chi connectivity index (χ4n) is 4.10. The van der Waals surface area contributed by atoms with E-state index < -0.39 is 40.3 Å². The highest BCUT2D eigenvalue weighted by Gasteiger charge is 2.46. The third-order valence-corrected chi connectivity index (χ3v) is 7.63. The van der Waals surface area contributed by atoms with Gasteiger partial charge in [-0.1, -0.05) is 53.9 Å². The number of rotatable bonds is 18. The van der Waals surface area contributed by atoms with Crippen LogP contribution in [0.3, 0.4) is 0 Å². The predicted octanol–water partition coefficient (Wildman–Crippen LogP) is 7.67. The van der Waals surface area contributed by atoms with Crippen molar-refractivity contribution in [3.63, 3.8) is 0 Å². The zero-order valence-electron chi connectivity index (χ0n) is 24.5. The zero-order valence-corrected chi connectivity index (χ0v) is 24.5. The lowest BCUT2D eigenvalue weighted by Gasteiger charge is -2.44. The molecule has 0 spiro atoms. The van der Waals surface area contributed by atoms with Gasteiger partial charge in [0.05, 0.1) is 11.7 Å². The van der Waals surface area contributed by atoms with Gasteiger partial charge in [-0.2, -0.15) is 0 Å². The Hall–Kier alpha value is -0.760. The van der Waals surface area contributed by atoms with Crippen LogP contribution in [0, 0.1) is 22.7 Å². The molecule has 0 aromatic heterocycles. The van der Waals surface area contributed by atoms with Crippen molar-refractivity contribution < 1.29 is 40.2 Å². The van der Waals surface area contributed by atoms with Crippen molar-refractivity contribution in [2.75, 3.05) is 0 Å². The molecule has 8 nitrogen and oxygen atoms in total. The topological polar surface area (TPSA) is 107 Å². The van der Waals surface area contributed by atoms with Gasteiger partial charge in [0.1, 0.15) is 11.7 Å². The summed E-state index contributed by atoms with van der Waals surface area (Å²) in [7, 11) is 0. The monoisotopic (exact) mass is 518 g/mol. The van der Waals surface area contributed by atoms with Gasteiger partial charge < -0.3 is 0 Å². The summed E-state index contributed by atoms with van der Waals surface area (Å²) in [6.07, 6.45) is 3.87. The molecular weight excluding hydrogens is 464 g/mol. The van der Waals surface area contributed by atoms with Gasteiger partial charge >= 0.3 is 0 Å². The molecule has 0 amide bonds. The van der Waals surface area contributed by atoms with Crippen molar-refractivity contribution in [2.45, 2.75) is 157 Å². The van der Waals surface area contributed by atoms with E-state index in [1.54, 1.807) is 0 Å². The second kappa shape index (κ2) is 16.3. The maximum absolute atomic E-state index is 10.0. The van der Waals surface area contributed by atoms with E-state index in [0.29, 0.717) is 38.5 Å². The minimum absolute atomic E-state index is 0.365. The van der Waals surface area contributed by atoms with Gasteiger partial charge in [0, 0.05) is 18.3 Å². The molecule has 0 fully saturated rings. The van der Waals surface area contributed by atoms with E-state index >= 15 is 0 Å². The maximum atomic E-state index is 10.0. The lowest BCUT2D eigenvalue weighted by Crippen LogP contribution is -2.47. The SMILES string of the molecule is CCCCC#CC(CC(C)(CC)C(CC(C)(CC)C(CC(C)(CC)OOC(C)(C)C)OO)OO)OO. The highest BCUT2D eigenvalue weighted by molar-refractivity contribution is 5.07. The quantitative estimate of drug-likeness (QED) is 0.0734. The molecule has 0 bridgehead atoms. The third-order valence-electron chi connectivity index (χ3n) is 7.63. The van der Waals surface area contributed by atoms with E-state index in [4.69, 9.17) is 19.6 Å². The molecule has 0 saturated carbocycles. The lowest BCUT2D eigenvalue weighted by atomic mass is 9.67. The minimum Gasteiger partial charge on any atom is -0.252 e. The van der Waals surface area contributed by atoms with Crippen LogP contribution < -0.4 is 0 Å². The van der Waals surface area contributed by atoms with Crippen molar-refractivity contribution in [1.82, 2.24) is 0 Å². The van der Waals surface area contributed by atoms with Gasteiger partial charge in [0.15, 0.2) is 6.10 Å². The number of unbranched alkanes of at least 4 members (excludes halogenated alkanes) is 2. The van der Waals surface area contributed by atoms with E-state index in [2.05, 4.69) is 23.7 Å². The maximum Gasteiger partial charge on any atom is 0.153 e. The Bertz CT molecular complexity index is 654. The average molecular weight is 519 g/mol. The molecule has 0 radical (unpaired) electrons. The van der Waals surface area contributed by atoms with Gasteiger partial charge in [-0.3, -0.25) is 15.8 Å². The number of hydrogen-bond donors (Lipinski definition) is 3. The Morgan fingerprint density at radius 3 is 1.61 bits per heavy atom. The summed E-state index contributed by atoms with van der Waals surface area (Å²) >= 11 is 0. The molecule has 6 unspecified atom stereocenters. The van der Waals surface area contributed by atoms with Crippen molar-refractivity contribution in [2.24, 2.45) is 10.8 Å². The second-order valence-corrected chi connectivity index (χ2v) is 11.9. The van der Waals surface area contributed by atoms with Crippen LogP contribution in [0.25, 0.3) is 0 Å². The van der Waals surface area contributed by atoms with Crippen LogP contribution in [0.1, 0.15) is 127 Å². The molecule has 0 saturated heterocycles. The fraction of sp³-hybridized carbons (Fsp3) is 0.929. The molecule has 0 aromatic carbocycles.